The molecule has 2 N–H and O–H groups in total. The fraction of sp³-hybridized carbons (Fsp3) is 0.417. The molecule has 0 unspecified atom stereocenters. The summed E-state index contributed by atoms with van der Waals surface area (Å²) in [5.41, 5.74) is 1.17. The van der Waals surface area contributed by atoms with Crippen molar-refractivity contribution in [1.29, 1.82) is 0 Å². The first-order chi connectivity index (χ1) is 7.83. The van der Waals surface area contributed by atoms with Gasteiger partial charge in [0.1, 0.15) is 0 Å². The van der Waals surface area contributed by atoms with Gasteiger partial charge in [-0.15, -0.1) is 0 Å². The Hall–Kier alpha value is -1.55. The van der Waals surface area contributed by atoms with E-state index in [2.05, 4.69) is 10.6 Å². The number of amides is 2. The predicted octanol–water partition coefficient (Wildman–Crippen LogP) is 1.52. The molecule has 4 heteroatoms. The number of hydrogen-bond acceptors (Lipinski definition) is 2. The molecule has 1 aromatic rings. The van der Waals surface area contributed by atoms with E-state index < -0.39 is 0 Å². The molecule has 0 aliphatic rings. The molecule has 2 amide bonds. The van der Waals surface area contributed by atoms with Crippen LogP contribution >= 0.6 is 0 Å². The summed E-state index contributed by atoms with van der Waals surface area (Å²) >= 11 is 0. The van der Waals surface area contributed by atoms with Crippen molar-refractivity contribution in [3.05, 3.63) is 35.9 Å². The van der Waals surface area contributed by atoms with Crippen LogP contribution < -0.4 is 10.6 Å². The summed E-state index contributed by atoms with van der Waals surface area (Å²) < 4.78 is 5.46. The van der Waals surface area contributed by atoms with E-state index in [1.54, 1.807) is 7.05 Å². The van der Waals surface area contributed by atoms with E-state index in [4.69, 9.17) is 4.74 Å². The normalized spacial score (nSPS) is 9.81. The topological polar surface area (TPSA) is 50.4 Å². The highest BCUT2D eigenvalue weighted by Gasteiger charge is 1.95. The minimum absolute atomic E-state index is 0.150. The molecule has 88 valence electrons. The fourth-order valence-electron chi connectivity index (χ4n) is 1.23. The van der Waals surface area contributed by atoms with Gasteiger partial charge in [0.2, 0.25) is 0 Å². The van der Waals surface area contributed by atoms with Crippen molar-refractivity contribution < 1.29 is 9.53 Å². The molecule has 4 nitrogen and oxygen atoms in total. The summed E-state index contributed by atoms with van der Waals surface area (Å²) in [5.74, 6) is 0. The van der Waals surface area contributed by atoms with Crippen molar-refractivity contribution >= 4 is 6.03 Å². The Morgan fingerprint density at radius 3 is 2.75 bits per heavy atom. The molecular weight excluding hydrogens is 204 g/mol. The molecule has 0 spiro atoms. The first-order valence-corrected chi connectivity index (χ1v) is 5.40. The van der Waals surface area contributed by atoms with Crippen molar-refractivity contribution in [2.45, 2.75) is 13.0 Å². The highest BCUT2D eigenvalue weighted by atomic mass is 16.5. The number of rotatable bonds is 6. The average Bonchev–Trinajstić information content (AvgIpc) is 2.34. The van der Waals surface area contributed by atoms with Gasteiger partial charge >= 0.3 is 6.03 Å². The highest BCUT2D eigenvalue weighted by molar-refractivity contribution is 5.73. The van der Waals surface area contributed by atoms with Gasteiger partial charge in [-0.1, -0.05) is 30.3 Å². The van der Waals surface area contributed by atoms with Gasteiger partial charge in [0.25, 0.3) is 0 Å². The van der Waals surface area contributed by atoms with Crippen LogP contribution in [-0.4, -0.2) is 26.2 Å². The highest BCUT2D eigenvalue weighted by Crippen LogP contribution is 2.00. The van der Waals surface area contributed by atoms with Gasteiger partial charge in [-0.2, -0.15) is 0 Å². The van der Waals surface area contributed by atoms with Crippen LogP contribution in [0.2, 0.25) is 0 Å². The summed E-state index contributed by atoms with van der Waals surface area (Å²) in [4.78, 5) is 10.8. The lowest BCUT2D eigenvalue weighted by Gasteiger charge is -2.05. The molecule has 0 bridgehead atoms. The van der Waals surface area contributed by atoms with Crippen LogP contribution in [0.1, 0.15) is 12.0 Å². The zero-order chi connectivity index (χ0) is 11.6. The van der Waals surface area contributed by atoms with E-state index in [0.29, 0.717) is 19.8 Å². The number of benzene rings is 1. The predicted molar refractivity (Wildman–Crippen MR) is 63.2 cm³/mol. The SMILES string of the molecule is CNC(=O)NCCCOCc1ccccc1. The van der Waals surface area contributed by atoms with Crippen LogP contribution in [0.5, 0.6) is 0 Å². The Balaban J connectivity index is 1.98. The summed E-state index contributed by atoms with van der Waals surface area (Å²) in [6, 6.07) is 9.88. The number of carbonyl (C=O) groups excluding carboxylic acids is 1. The Morgan fingerprint density at radius 2 is 2.06 bits per heavy atom. The van der Waals surface area contributed by atoms with Gasteiger partial charge in [0.15, 0.2) is 0 Å². The molecule has 0 heterocycles. The van der Waals surface area contributed by atoms with E-state index in [1.165, 1.54) is 5.56 Å². The van der Waals surface area contributed by atoms with Gasteiger partial charge in [0.05, 0.1) is 6.61 Å². The van der Waals surface area contributed by atoms with Crippen molar-refractivity contribution in [2.24, 2.45) is 0 Å². The van der Waals surface area contributed by atoms with E-state index >= 15 is 0 Å². The lowest BCUT2D eigenvalue weighted by Crippen LogP contribution is -2.33. The summed E-state index contributed by atoms with van der Waals surface area (Å²) in [6.07, 6.45) is 0.820. The van der Waals surface area contributed by atoms with Crippen LogP contribution in [0, 0.1) is 0 Å². The van der Waals surface area contributed by atoms with Crippen LogP contribution in [0.4, 0.5) is 4.79 Å². The van der Waals surface area contributed by atoms with Crippen molar-refractivity contribution in [3.63, 3.8) is 0 Å². The molecule has 0 fully saturated rings. The number of hydrogen-bond donors (Lipinski definition) is 2. The number of carbonyl (C=O) groups is 1. The summed E-state index contributed by atoms with van der Waals surface area (Å²) in [6.45, 7) is 1.91. The molecular formula is C12H18N2O2. The van der Waals surface area contributed by atoms with E-state index in [1.807, 2.05) is 30.3 Å². The monoisotopic (exact) mass is 222 g/mol. The summed E-state index contributed by atoms with van der Waals surface area (Å²) in [7, 11) is 1.60. The second kappa shape index (κ2) is 7.70. The smallest absolute Gasteiger partial charge is 0.314 e. The Bertz CT molecular complexity index is 301. The van der Waals surface area contributed by atoms with Gasteiger partial charge < -0.3 is 15.4 Å². The molecule has 0 aliphatic carbocycles. The molecule has 0 aliphatic heterocycles. The molecule has 0 radical (unpaired) electrons. The Morgan fingerprint density at radius 1 is 1.31 bits per heavy atom. The third-order valence-corrected chi connectivity index (χ3v) is 2.09. The zero-order valence-corrected chi connectivity index (χ0v) is 9.53. The number of urea groups is 1. The Kier molecular flexibility index (Phi) is 6.03. The van der Waals surface area contributed by atoms with Crippen LogP contribution in [0.15, 0.2) is 30.3 Å². The van der Waals surface area contributed by atoms with Gasteiger partial charge in [-0.05, 0) is 12.0 Å². The first kappa shape index (κ1) is 12.5. The van der Waals surface area contributed by atoms with Gasteiger partial charge in [0, 0.05) is 20.2 Å². The minimum atomic E-state index is -0.150. The van der Waals surface area contributed by atoms with Crippen LogP contribution in [0.3, 0.4) is 0 Å². The Labute approximate surface area is 96.0 Å². The van der Waals surface area contributed by atoms with E-state index in [0.717, 1.165) is 6.42 Å². The standard InChI is InChI=1S/C12H18N2O2/c1-13-12(15)14-8-5-9-16-10-11-6-3-2-4-7-11/h2-4,6-7H,5,8-10H2,1H3,(H2,13,14,15). The second-order valence-electron chi connectivity index (χ2n) is 3.40. The van der Waals surface area contributed by atoms with E-state index in [9.17, 15) is 4.79 Å². The van der Waals surface area contributed by atoms with Gasteiger partial charge in [-0.3, -0.25) is 0 Å². The average molecular weight is 222 g/mol. The fourth-order valence-corrected chi connectivity index (χ4v) is 1.23. The zero-order valence-electron chi connectivity index (χ0n) is 9.53. The molecule has 1 rings (SSSR count). The molecule has 0 saturated heterocycles. The first-order valence-electron chi connectivity index (χ1n) is 5.40. The molecule has 0 aromatic heterocycles. The third-order valence-electron chi connectivity index (χ3n) is 2.09. The lowest BCUT2D eigenvalue weighted by atomic mass is 10.2. The molecule has 0 atom stereocenters. The maximum Gasteiger partial charge on any atom is 0.314 e. The molecule has 16 heavy (non-hydrogen) atoms. The second-order valence-corrected chi connectivity index (χ2v) is 3.40. The number of nitrogens with one attached hydrogen (secondary N) is 2. The summed E-state index contributed by atoms with van der Waals surface area (Å²) in [5, 5.41) is 5.19. The van der Waals surface area contributed by atoms with Crippen LogP contribution in [-0.2, 0) is 11.3 Å². The van der Waals surface area contributed by atoms with E-state index in [-0.39, 0.29) is 6.03 Å². The molecule has 0 saturated carbocycles. The van der Waals surface area contributed by atoms with Gasteiger partial charge in [-0.25, -0.2) is 4.79 Å². The van der Waals surface area contributed by atoms with Crippen LogP contribution in [0.25, 0.3) is 0 Å². The van der Waals surface area contributed by atoms with Crippen molar-refractivity contribution in [2.75, 3.05) is 20.2 Å². The largest absolute Gasteiger partial charge is 0.377 e. The van der Waals surface area contributed by atoms with Crippen molar-refractivity contribution in [1.82, 2.24) is 10.6 Å². The molecule has 1 aromatic carbocycles. The third kappa shape index (κ3) is 5.36. The maximum absolute atomic E-state index is 10.8. The van der Waals surface area contributed by atoms with Crippen molar-refractivity contribution in [3.8, 4) is 0 Å². The maximum atomic E-state index is 10.8. The number of ether oxygens (including phenoxy) is 1. The lowest BCUT2D eigenvalue weighted by molar-refractivity contribution is 0.119. The minimum Gasteiger partial charge on any atom is -0.377 e. The quantitative estimate of drug-likeness (QED) is 0.717.